The van der Waals surface area contributed by atoms with Crippen LogP contribution in [0.3, 0.4) is 0 Å². The Morgan fingerprint density at radius 1 is 1.45 bits per heavy atom. The summed E-state index contributed by atoms with van der Waals surface area (Å²) >= 11 is 0. The number of nitrogens with zero attached hydrogens (tertiary/aromatic N) is 2. The van der Waals surface area contributed by atoms with E-state index in [4.69, 9.17) is 0 Å². The number of nitro groups is 1. The Labute approximate surface area is 114 Å². The molecule has 0 aliphatic carbocycles. The number of carbonyl (C=O) groups excluding carboxylic acids is 1. The number of aromatic hydroxyl groups is 1. The largest absolute Gasteiger partial charge is 0.508 e. The van der Waals surface area contributed by atoms with E-state index in [-0.39, 0.29) is 17.1 Å². The molecule has 0 saturated carbocycles. The quantitative estimate of drug-likeness (QED) is 0.662. The summed E-state index contributed by atoms with van der Waals surface area (Å²) in [5.74, 6) is -0.407. The number of nitrogens with one attached hydrogen (secondary N) is 1. The molecule has 0 fully saturated rings. The predicted molar refractivity (Wildman–Crippen MR) is 72.9 cm³/mol. The third-order valence-corrected chi connectivity index (χ3v) is 2.99. The Balaban J connectivity index is 2.28. The van der Waals surface area contributed by atoms with Gasteiger partial charge in [-0.25, -0.2) is 0 Å². The van der Waals surface area contributed by atoms with Crippen LogP contribution in [-0.4, -0.2) is 20.5 Å². The van der Waals surface area contributed by atoms with Gasteiger partial charge in [-0.05, 0) is 19.1 Å². The molecular weight excluding hydrogens is 262 g/mol. The molecule has 0 aliphatic rings. The molecule has 1 heterocycles. The number of phenolic OH excluding ortho intramolecular Hbond substituents is 1. The summed E-state index contributed by atoms with van der Waals surface area (Å²) in [7, 11) is 1.55. The molecule has 2 N–H and O–H groups in total. The zero-order valence-corrected chi connectivity index (χ0v) is 11.0. The van der Waals surface area contributed by atoms with Gasteiger partial charge in [-0.1, -0.05) is 6.07 Å². The fraction of sp³-hybridized carbons (Fsp3) is 0.154. The van der Waals surface area contributed by atoms with Gasteiger partial charge in [-0.2, -0.15) is 0 Å². The number of hydrogen-bond acceptors (Lipinski definition) is 4. The second kappa shape index (κ2) is 5.04. The fourth-order valence-electron chi connectivity index (χ4n) is 1.82. The van der Waals surface area contributed by atoms with E-state index >= 15 is 0 Å². The van der Waals surface area contributed by atoms with E-state index < -0.39 is 10.8 Å². The van der Waals surface area contributed by atoms with Crippen molar-refractivity contribution in [2.75, 3.05) is 5.32 Å². The van der Waals surface area contributed by atoms with E-state index in [1.807, 2.05) is 0 Å². The van der Waals surface area contributed by atoms with E-state index in [9.17, 15) is 20.0 Å². The Morgan fingerprint density at radius 3 is 2.75 bits per heavy atom. The van der Waals surface area contributed by atoms with Crippen LogP contribution in [0.4, 0.5) is 11.4 Å². The van der Waals surface area contributed by atoms with Gasteiger partial charge in [0.15, 0.2) is 0 Å². The van der Waals surface area contributed by atoms with Crippen LogP contribution in [0.1, 0.15) is 16.1 Å². The highest BCUT2D eigenvalue weighted by molar-refractivity contribution is 6.04. The standard InChI is InChI=1S/C13H13N3O4/c1-8-10(4-3-5-12(8)17)14-13(18)11-6-9(16(19)20)7-15(11)2/h3-7,17H,1-2H3,(H,14,18). The molecule has 2 rings (SSSR count). The first-order chi connectivity index (χ1) is 9.40. The lowest BCUT2D eigenvalue weighted by Gasteiger charge is -2.09. The normalized spacial score (nSPS) is 10.3. The van der Waals surface area contributed by atoms with Crippen LogP contribution in [0, 0.1) is 17.0 Å². The van der Waals surface area contributed by atoms with Crippen molar-refractivity contribution in [1.29, 1.82) is 0 Å². The van der Waals surface area contributed by atoms with Crippen molar-refractivity contribution in [2.45, 2.75) is 6.92 Å². The maximum Gasteiger partial charge on any atom is 0.287 e. The number of benzene rings is 1. The van der Waals surface area contributed by atoms with Crippen molar-refractivity contribution in [3.05, 3.63) is 51.8 Å². The molecule has 0 saturated heterocycles. The smallest absolute Gasteiger partial charge is 0.287 e. The Hall–Kier alpha value is -2.83. The van der Waals surface area contributed by atoms with E-state index in [2.05, 4.69) is 5.32 Å². The minimum Gasteiger partial charge on any atom is -0.508 e. The SMILES string of the molecule is Cc1c(O)cccc1NC(=O)c1cc([N+](=O)[O-])cn1C. The summed E-state index contributed by atoms with van der Waals surface area (Å²) in [5, 5.41) is 22.9. The lowest BCUT2D eigenvalue weighted by molar-refractivity contribution is -0.384. The van der Waals surface area contributed by atoms with Crippen molar-refractivity contribution >= 4 is 17.3 Å². The Bertz CT molecular complexity index is 691. The van der Waals surface area contributed by atoms with Gasteiger partial charge in [0, 0.05) is 24.4 Å². The van der Waals surface area contributed by atoms with E-state index in [1.54, 1.807) is 26.1 Å². The van der Waals surface area contributed by atoms with Gasteiger partial charge in [-0.3, -0.25) is 14.9 Å². The highest BCUT2D eigenvalue weighted by Crippen LogP contribution is 2.25. The zero-order valence-electron chi connectivity index (χ0n) is 11.0. The predicted octanol–water partition coefficient (Wildman–Crippen LogP) is 2.20. The molecule has 104 valence electrons. The molecule has 7 nitrogen and oxygen atoms in total. The van der Waals surface area contributed by atoms with Gasteiger partial charge < -0.3 is 15.0 Å². The van der Waals surface area contributed by atoms with Crippen LogP contribution in [0.5, 0.6) is 5.75 Å². The maximum absolute atomic E-state index is 12.1. The minimum absolute atomic E-state index is 0.0701. The topological polar surface area (TPSA) is 97.4 Å². The van der Waals surface area contributed by atoms with Crippen molar-refractivity contribution in [3.8, 4) is 5.75 Å². The van der Waals surface area contributed by atoms with Gasteiger partial charge in [0.25, 0.3) is 11.6 Å². The first kappa shape index (κ1) is 13.6. The molecule has 0 radical (unpaired) electrons. The molecule has 1 aromatic heterocycles. The van der Waals surface area contributed by atoms with Crippen LogP contribution in [0.15, 0.2) is 30.5 Å². The summed E-state index contributed by atoms with van der Waals surface area (Å²) in [5.41, 5.74) is 1.01. The molecule has 0 aliphatic heterocycles. The van der Waals surface area contributed by atoms with Gasteiger partial charge >= 0.3 is 0 Å². The summed E-state index contributed by atoms with van der Waals surface area (Å²) in [6, 6.07) is 5.96. The van der Waals surface area contributed by atoms with Gasteiger partial charge in [-0.15, -0.1) is 0 Å². The second-order valence-corrected chi connectivity index (χ2v) is 4.36. The molecule has 0 bridgehead atoms. The monoisotopic (exact) mass is 275 g/mol. The molecular formula is C13H13N3O4. The average Bonchev–Trinajstić information content (AvgIpc) is 2.77. The number of aryl methyl sites for hydroxylation is 1. The van der Waals surface area contributed by atoms with Crippen molar-refractivity contribution in [3.63, 3.8) is 0 Å². The number of phenols is 1. The van der Waals surface area contributed by atoms with E-state index in [0.29, 0.717) is 11.3 Å². The van der Waals surface area contributed by atoms with E-state index in [1.165, 1.54) is 22.9 Å². The molecule has 0 atom stereocenters. The number of carbonyl (C=O) groups is 1. The van der Waals surface area contributed by atoms with Crippen LogP contribution >= 0.6 is 0 Å². The fourth-order valence-corrected chi connectivity index (χ4v) is 1.82. The Kier molecular flexibility index (Phi) is 3.43. The van der Waals surface area contributed by atoms with E-state index in [0.717, 1.165) is 0 Å². The lowest BCUT2D eigenvalue weighted by atomic mass is 10.2. The minimum atomic E-state index is -0.559. The number of anilines is 1. The highest BCUT2D eigenvalue weighted by atomic mass is 16.6. The molecule has 20 heavy (non-hydrogen) atoms. The number of amides is 1. The molecule has 0 spiro atoms. The molecule has 1 aromatic carbocycles. The van der Waals surface area contributed by atoms with Crippen LogP contribution in [0.25, 0.3) is 0 Å². The lowest BCUT2D eigenvalue weighted by Crippen LogP contribution is -2.15. The van der Waals surface area contributed by atoms with Gasteiger partial charge in [0.1, 0.15) is 11.4 Å². The first-order valence-electron chi connectivity index (χ1n) is 5.81. The zero-order chi connectivity index (χ0) is 14.9. The van der Waals surface area contributed by atoms with Crippen molar-refractivity contribution in [2.24, 2.45) is 7.05 Å². The van der Waals surface area contributed by atoms with Gasteiger partial charge in [0.05, 0.1) is 11.1 Å². The van der Waals surface area contributed by atoms with Crippen LogP contribution < -0.4 is 5.32 Å². The molecule has 1 amide bonds. The third kappa shape index (κ3) is 2.46. The van der Waals surface area contributed by atoms with Crippen LogP contribution in [-0.2, 0) is 7.05 Å². The van der Waals surface area contributed by atoms with Crippen LogP contribution in [0.2, 0.25) is 0 Å². The second-order valence-electron chi connectivity index (χ2n) is 4.36. The molecule has 0 unspecified atom stereocenters. The maximum atomic E-state index is 12.1. The summed E-state index contributed by atoms with van der Waals surface area (Å²) in [6.07, 6.45) is 1.27. The first-order valence-corrected chi connectivity index (χ1v) is 5.81. The molecule has 2 aromatic rings. The number of hydrogen-bond donors (Lipinski definition) is 2. The summed E-state index contributed by atoms with van der Waals surface area (Å²) in [6.45, 7) is 1.67. The number of aromatic nitrogens is 1. The highest BCUT2D eigenvalue weighted by Gasteiger charge is 2.18. The average molecular weight is 275 g/mol. The van der Waals surface area contributed by atoms with Crippen molar-refractivity contribution in [1.82, 2.24) is 4.57 Å². The molecule has 7 heteroatoms. The van der Waals surface area contributed by atoms with Crippen molar-refractivity contribution < 1.29 is 14.8 Å². The van der Waals surface area contributed by atoms with Gasteiger partial charge in [0.2, 0.25) is 0 Å². The summed E-state index contributed by atoms with van der Waals surface area (Å²) in [4.78, 5) is 22.2. The number of rotatable bonds is 3. The Morgan fingerprint density at radius 2 is 2.15 bits per heavy atom. The third-order valence-electron chi connectivity index (χ3n) is 2.99. The summed E-state index contributed by atoms with van der Waals surface area (Å²) < 4.78 is 1.38.